The van der Waals surface area contributed by atoms with Crippen molar-refractivity contribution in [3.8, 4) is 17.5 Å². The lowest BCUT2D eigenvalue weighted by atomic mass is 10.2. The van der Waals surface area contributed by atoms with Gasteiger partial charge >= 0.3 is 0 Å². The van der Waals surface area contributed by atoms with Crippen molar-refractivity contribution >= 4 is 17.2 Å². The molecule has 1 aromatic heterocycles. The Kier molecular flexibility index (Phi) is 4.38. The van der Waals surface area contributed by atoms with Gasteiger partial charge in [0.15, 0.2) is 5.84 Å². The Morgan fingerprint density at radius 2 is 2.32 bits per heavy atom. The van der Waals surface area contributed by atoms with Gasteiger partial charge in [-0.3, -0.25) is 10.8 Å². The van der Waals surface area contributed by atoms with Crippen molar-refractivity contribution in [2.45, 2.75) is 6.92 Å². The number of methoxy groups -OCH3 is 1. The number of nitrogens with zero attached hydrogens (tertiary/aromatic N) is 4. The summed E-state index contributed by atoms with van der Waals surface area (Å²) in [7, 11) is 1.56. The Bertz CT molecular complexity index is 770. The van der Waals surface area contributed by atoms with Crippen LogP contribution in [0.25, 0.3) is 5.69 Å². The summed E-state index contributed by atoms with van der Waals surface area (Å²) < 4.78 is 7.21. The predicted molar refractivity (Wildman–Crippen MR) is 83.4 cm³/mol. The molecule has 0 radical (unpaired) electrons. The monoisotopic (exact) mass is 297 g/mol. The second kappa shape index (κ2) is 6.41. The van der Waals surface area contributed by atoms with Crippen LogP contribution >= 0.6 is 0 Å². The predicted octanol–water partition coefficient (Wildman–Crippen LogP) is 1.42. The first kappa shape index (κ1) is 15.1. The smallest absolute Gasteiger partial charge is 0.201 e. The molecule has 0 aliphatic carbocycles. The van der Waals surface area contributed by atoms with Crippen LogP contribution in [0.15, 0.2) is 35.8 Å². The molecule has 112 valence electrons. The summed E-state index contributed by atoms with van der Waals surface area (Å²) in [6.07, 6.45) is 3.58. The van der Waals surface area contributed by atoms with E-state index in [1.165, 1.54) is 0 Å². The van der Waals surface area contributed by atoms with E-state index in [-0.39, 0.29) is 5.71 Å². The van der Waals surface area contributed by atoms with Crippen molar-refractivity contribution in [3.05, 3.63) is 36.4 Å². The van der Waals surface area contributed by atoms with Gasteiger partial charge in [-0.15, -0.1) is 0 Å². The number of anilines is 1. The summed E-state index contributed by atoms with van der Waals surface area (Å²) in [4.78, 5) is 4.18. The molecule has 8 heteroatoms. The zero-order chi connectivity index (χ0) is 16.1. The van der Waals surface area contributed by atoms with Gasteiger partial charge in [0.05, 0.1) is 30.5 Å². The lowest BCUT2D eigenvalue weighted by molar-refractivity contribution is 0.413. The normalized spacial score (nSPS) is 10.9. The molecule has 0 bridgehead atoms. The summed E-state index contributed by atoms with van der Waals surface area (Å²) >= 11 is 0. The number of imidazole rings is 1. The van der Waals surface area contributed by atoms with E-state index in [1.807, 2.05) is 23.8 Å². The summed E-state index contributed by atoms with van der Waals surface area (Å²) in [5.74, 6) is 0.214. The van der Waals surface area contributed by atoms with Gasteiger partial charge in [-0.05, 0) is 19.1 Å². The van der Waals surface area contributed by atoms with E-state index in [4.69, 9.17) is 21.1 Å². The Balaban J connectivity index is 2.30. The fraction of sp³-hybridized carbons (Fsp3) is 0.143. The molecule has 0 spiro atoms. The van der Waals surface area contributed by atoms with Crippen molar-refractivity contribution in [2.24, 2.45) is 10.8 Å². The molecule has 0 unspecified atom stereocenters. The minimum atomic E-state index is -0.396. The highest BCUT2D eigenvalue weighted by atomic mass is 16.5. The highest BCUT2D eigenvalue weighted by Gasteiger charge is 2.07. The first-order valence-electron chi connectivity index (χ1n) is 6.32. The van der Waals surface area contributed by atoms with Crippen LogP contribution in [0, 0.1) is 23.7 Å². The van der Waals surface area contributed by atoms with E-state index in [1.54, 1.807) is 31.6 Å². The first-order valence-corrected chi connectivity index (χ1v) is 6.32. The Labute approximate surface area is 127 Å². The van der Waals surface area contributed by atoms with Gasteiger partial charge < -0.3 is 15.0 Å². The molecule has 0 saturated heterocycles. The number of aryl methyl sites for hydroxylation is 1. The van der Waals surface area contributed by atoms with Crippen molar-refractivity contribution in [1.29, 1.82) is 10.7 Å². The van der Waals surface area contributed by atoms with Crippen molar-refractivity contribution in [2.75, 3.05) is 12.5 Å². The number of amidine groups is 1. The number of benzene rings is 1. The zero-order valence-electron chi connectivity index (χ0n) is 12.2. The van der Waals surface area contributed by atoms with Crippen LogP contribution in [0.5, 0.6) is 5.75 Å². The molecule has 4 N–H and O–H groups in total. The summed E-state index contributed by atoms with van der Waals surface area (Å²) in [5, 5.41) is 19.8. The van der Waals surface area contributed by atoms with E-state index in [0.717, 1.165) is 11.4 Å². The minimum absolute atomic E-state index is 0.187. The molecule has 22 heavy (non-hydrogen) atoms. The van der Waals surface area contributed by atoms with Crippen molar-refractivity contribution in [1.82, 2.24) is 9.55 Å². The number of hydrogen-bond acceptors (Lipinski definition) is 6. The maximum Gasteiger partial charge on any atom is 0.201 e. The largest absolute Gasteiger partial charge is 0.494 e. The highest BCUT2D eigenvalue weighted by Crippen LogP contribution is 2.26. The van der Waals surface area contributed by atoms with E-state index in [0.29, 0.717) is 11.4 Å². The molecule has 0 saturated carbocycles. The molecule has 0 atom stereocenters. The van der Waals surface area contributed by atoms with Gasteiger partial charge in [0.2, 0.25) is 5.71 Å². The van der Waals surface area contributed by atoms with Gasteiger partial charge in [0.1, 0.15) is 11.8 Å². The Morgan fingerprint density at radius 1 is 1.55 bits per heavy atom. The maximum absolute atomic E-state index is 8.79. The third kappa shape index (κ3) is 3.21. The fourth-order valence-corrected chi connectivity index (χ4v) is 1.78. The maximum atomic E-state index is 8.79. The Morgan fingerprint density at radius 3 is 2.86 bits per heavy atom. The molecule has 2 aromatic rings. The van der Waals surface area contributed by atoms with Gasteiger partial charge in [-0.2, -0.15) is 10.4 Å². The lowest BCUT2D eigenvalue weighted by Gasteiger charge is -2.11. The average molecular weight is 297 g/mol. The number of nitriles is 1. The van der Waals surface area contributed by atoms with Crippen molar-refractivity contribution < 1.29 is 4.74 Å². The van der Waals surface area contributed by atoms with E-state index < -0.39 is 5.84 Å². The van der Waals surface area contributed by atoms with Crippen LogP contribution in [-0.4, -0.2) is 28.2 Å². The second-order valence-electron chi connectivity index (χ2n) is 4.41. The number of aromatic nitrogens is 2. The summed E-state index contributed by atoms with van der Waals surface area (Å²) in [6.45, 7) is 1.90. The third-order valence-corrected chi connectivity index (χ3v) is 2.83. The molecule has 0 aliphatic rings. The topological polar surface area (TPSA) is 125 Å². The first-order chi connectivity index (χ1) is 10.5. The van der Waals surface area contributed by atoms with Crippen LogP contribution in [0.1, 0.15) is 5.69 Å². The third-order valence-electron chi connectivity index (χ3n) is 2.83. The fourth-order valence-electron chi connectivity index (χ4n) is 1.78. The number of hydrogen-bond donors (Lipinski definition) is 3. The van der Waals surface area contributed by atoms with Gasteiger partial charge in [0, 0.05) is 12.3 Å². The average Bonchev–Trinajstić information content (AvgIpc) is 2.93. The summed E-state index contributed by atoms with van der Waals surface area (Å²) in [5.41, 5.74) is 10.0. The Hall–Kier alpha value is -3.34. The van der Waals surface area contributed by atoms with Crippen molar-refractivity contribution in [3.63, 3.8) is 0 Å². The number of hydrazone groups is 1. The van der Waals surface area contributed by atoms with E-state index in [2.05, 4.69) is 15.5 Å². The number of ether oxygens (including phenoxy) is 1. The SMILES string of the molecule is COc1cc(N/N=C(\C#N)C(=N)N)ccc1-n1cnc(C)c1. The standard InChI is InChI=1S/C14H15N7O/c1-9-7-21(8-18-9)12-4-3-10(5-13(12)22-2)19-20-11(6-15)14(16)17/h3-5,7-8,19H,1-2H3,(H3,16,17)/b20-11+. The van der Waals surface area contributed by atoms with Gasteiger partial charge in [-0.25, -0.2) is 4.98 Å². The molecule has 8 nitrogen and oxygen atoms in total. The van der Waals surface area contributed by atoms with Crippen LogP contribution in [-0.2, 0) is 0 Å². The molecule has 1 heterocycles. The summed E-state index contributed by atoms with van der Waals surface area (Å²) in [6, 6.07) is 7.06. The molecular weight excluding hydrogens is 282 g/mol. The highest BCUT2D eigenvalue weighted by molar-refractivity contribution is 6.45. The quantitative estimate of drug-likeness (QED) is 0.437. The minimum Gasteiger partial charge on any atom is -0.494 e. The molecule has 0 fully saturated rings. The number of nitrogens with one attached hydrogen (secondary N) is 2. The van der Waals surface area contributed by atoms with Crippen LogP contribution < -0.4 is 15.9 Å². The zero-order valence-corrected chi connectivity index (χ0v) is 12.2. The van der Waals surface area contributed by atoms with Crippen LogP contribution in [0.3, 0.4) is 0 Å². The molecular formula is C14H15N7O. The van der Waals surface area contributed by atoms with Crippen LogP contribution in [0.2, 0.25) is 0 Å². The number of rotatable bonds is 5. The molecule has 1 aromatic carbocycles. The molecule has 0 aliphatic heterocycles. The molecule has 0 amide bonds. The number of nitrogens with two attached hydrogens (primary N) is 1. The lowest BCUT2D eigenvalue weighted by Crippen LogP contribution is -2.21. The van der Waals surface area contributed by atoms with Crippen LogP contribution in [0.4, 0.5) is 5.69 Å². The van der Waals surface area contributed by atoms with E-state index >= 15 is 0 Å². The van der Waals surface area contributed by atoms with E-state index in [9.17, 15) is 0 Å². The van der Waals surface area contributed by atoms with Gasteiger partial charge in [-0.1, -0.05) is 0 Å². The van der Waals surface area contributed by atoms with Gasteiger partial charge in [0.25, 0.3) is 0 Å². The second-order valence-corrected chi connectivity index (χ2v) is 4.41. The molecule has 2 rings (SSSR count).